The molecule has 0 saturated heterocycles. The molecule has 1 aromatic heterocycles. The van der Waals surface area contributed by atoms with Crippen LogP contribution in [0.2, 0.25) is 0 Å². The molecule has 3 aliphatic rings. The molecule has 13 nitrogen and oxygen atoms in total. The van der Waals surface area contributed by atoms with Crippen molar-refractivity contribution in [2.75, 3.05) is 29.8 Å². The van der Waals surface area contributed by atoms with Gasteiger partial charge < -0.3 is 14.2 Å². The zero-order valence-corrected chi connectivity index (χ0v) is 25.2. The molecule has 0 radical (unpaired) electrons. The number of ether oxygens (including phenoxy) is 3. The Morgan fingerprint density at radius 3 is 2.53 bits per heavy atom. The first-order valence-electron chi connectivity index (χ1n) is 13.6. The van der Waals surface area contributed by atoms with Crippen molar-refractivity contribution in [2.45, 2.75) is 80.5 Å². The van der Waals surface area contributed by atoms with E-state index in [0.29, 0.717) is 45.3 Å². The van der Waals surface area contributed by atoms with Crippen LogP contribution in [-0.2, 0) is 37.7 Å². The molecule has 2 aromatic rings. The summed E-state index contributed by atoms with van der Waals surface area (Å²) >= 11 is 0. The minimum atomic E-state index is -4.83. The van der Waals surface area contributed by atoms with Crippen LogP contribution in [0.4, 0.5) is 29.3 Å². The van der Waals surface area contributed by atoms with E-state index in [4.69, 9.17) is 9.47 Å². The summed E-state index contributed by atoms with van der Waals surface area (Å²) in [4.78, 5) is 12.2. The largest absolute Gasteiger partial charge is 0.485 e. The zero-order chi connectivity index (χ0) is 31.4. The SMILES string of the molecule is COc1nn2c(c1S(=O)(=O)N1CC(CNS(=O)(=O)C3CC3)Oc3ccc(NC(=O)OC(C)(C)C(F)(F)F)cc31)CCCC2. The number of rotatable bonds is 9. The Morgan fingerprint density at radius 1 is 1.16 bits per heavy atom. The highest BCUT2D eigenvalue weighted by atomic mass is 32.2. The van der Waals surface area contributed by atoms with Gasteiger partial charge in [-0.15, -0.1) is 5.10 Å². The molecule has 1 atom stereocenters. The highest BCUT2D eigenvalue weighted by Crippen LogP contribution is 2.42. The van der Waals surface area contributed by atoms with E-state index >= 15 is 0 Å². The summed E-state index contributed by atoms with van der Waals surface area (Å²) in [5, 5.41) is 6.02. The third-order valence-electron chi connectivity index (χ3n) is 7.40. The van der Waals surface area contributed by atoms with Crippen LogP contribution in [0.1, 0.15) is 45.2 Å². The number of amides is 1. The fraction of sp³-hybridized carbons (Fsp3) is 0.600. The number of carbonyl (C=O) groups is 1. The molecule has 238 valence electrons. The minimum absolute atomic E-state index is 0.0352. The van der Waals surface area contributed by atoms with Gasteiger partial charge >= 0.3 is 12.3 Å². The summed E-state index contributed by atoms with van der Waals surface area (Å²) in [5.74, 6) is -0.0665. The highest BCUT2D eigenvalue weighted by molar-refractivity contribution is 7.93. The summed E-state index contributed by atoms with van der Waals surface area (Å²) in [7, 11) is -6.73. The van der Waals surface area contributed by atoms with Crippen molar-refractivity contribution in [3.8, 4) is 11.6 Å². The van der Waals surface area contributed by atoms with E-state index in [-0.39, 0.29) is 41.0 Å². The maximum atomic E-state index is 14.3. The number of benzene rings is 1. The molecule has 1 unspecified atom stereocenters. The molecule has 1 saturated carbocycles. The Morgan fingerprint density at radius 2 is 1.88 bits per heavy atom. The van der Waals surface area contributed by atoms with Gasteiger partial charge in [0.05, 0.1) is 30.3 Å². The van der Waals surface area contributed by atoms with Crippen LogP contribution in [0.5, 0.6) is 11.6 Å². The summed E-state index contributed by atoms with van der Waals surface area (Å²) in [6.07, 6.45) is -4.15. The van der Waals surface area contributed by atoms with E-state index < -0.39 is 49.3 Å². The molecular weight excluding hydrogens is 619 g/mol. The molecule has 2 aliphatic heterocycles. The third-order valence-corrected chi connectivity index (χ3v) is 11.2. The summed E-state index contributed by atoms with van der Waals surface area (Å²) in [6.45, 7) is 1.34. The number of methoxy groups -OCH3 is 1. The van der Waals surface area contributed by atoms with E-state index in [2.05, 4.69) is 19.9 Å². The standard InChI is InChI=1S/C25H32F3N5O8S2/c1-24(2,25(26,27)28)41-23(34)30-15-7-10-20-19(12-15)33(14-16(40-20)13-29-42(35,36)17-8-9-17)43(37,38)21-18-6-4-5-11-32(18)31-22(21)39-3/h7,10,12,16-17,29H,4-6,8-9,11,13-14H2,1-3H3,(H,30,34). The van der Waals surface area contributed by atoms with Crippen LogP contribution in [-0.4, -0.2) is 76.0 Å². The lowest BCUT2D eigenvalue weighted by molar-refractivity contribution is -0.242. The predicted octanol–water partition coefficient (Wildman–Crippen LogP) is 3.16. The molecule has 0 spiro atoms. The number of fused-ring (bicyclic) bond motifs is 2. The maximum Gasteiger partial charge on any atom is 0.427 e. The molecule has 1 fully saturated rings. The monoisotopic (exact) mass is 651 g/mol. The van der Waals surface area contributed by atoms with E-state index in [1.165, 1.54) is 25.3 Å². The minimum Gasteiger partial charge on any atom is -0.485 e. The average Bonchev–Trinajstić information content (AvgIpc) is 3.71. The molecule has 3 heterocycles. The van der Waals surface area contributed by atoms with Gasteiger partial charge in [0.25, 0.3) is 15.9 Å². The zero-order valence-electron chi connectivity index (χ0n) is 23.6. The lowest BCUT2D eigenvalue weighted by Gasteiger charge is -2.36. The van der Waals surface area contributed by atoms with Gasteiger partial charge in [-0.25, -0.2) is 26.4 Å². The third kappa shape index (κ3) is 6.22. The molecule has 2 N–H and O–H groups in total. The van der Waals surface area contributed by atoms with E-state index in [1.54, 1.807) is 4.68 Å². The summed E-state index contributed by atoms with van der Waals surface area (Å²) in [6, 6.07) is 3.85. The molecule has 1 aliphatic carbocycles. The number of hydrogen-bond donors (Lipinski definition) is 2. The quantitative estimate of drug-likeness (QED) is 0.416. The normalized spacial score (nSPS) is 19.2. The van der Waals surface area contributed by atoms with Crippen LogP contribution in [0, 0.1) is 0 Å². The van der Waals surface area contributed by atoms with Crippen molar-refractivity contribution >= 4 is 37.5 Å². The molecule has 1 aromatic carbocycles. The van der Waals surface area contributed by atoms with Crippen molar-refractivity contribution in [3.63, 3.8) is 0 Å². The Bertz CT molecular complexity index is 1620. The molecule has 43 heavy (non-hydrogen) atoms. The first-order chi connectivity index (χ1) is 20.0. The molecule has 0 bridgehead atoms. The van der Waals surface area contributed by atoms with Gasteiger partial charge in [0.2, 0.25) is 15.6 Å². The Kier molecular flexibility index (Phi) is 8.00. The number of sulfonamides is 2. The lowest BCUT2D eigenvalue weighted by Crippen LogP contribution is -2.49. The van der Waals surface area contributed by atoms with E-state index in [0.717, 1.165) is 17.1 Å². The number of halogens is 3. The Balaban J connectivity index is 1.50. The smallest absolute Gasteiger partial charge is 0.427 e. The number of alkyl halides is 3. The first-order valence-corrected chi connectivity index (χ1v) is 16.5. The van der Waals surface area contributed by atoms with E-state index in [9.17, 15) is 34.8 Å². The average molecular weight is 652 g/mol. The van der Waals surface area contributed by atoms with Gasteiger partial charge in [-0.3, -0.25) is 14.3 Å². The number of nitrogens with one attached hydrogen (secondary N) is 2. The van der Waals surface area contributed by atoms with Crippen molar-refractivity contribution in [1.29, 1.82) is 0 Å². The Hall–Kier alpha value is -3.25. The first kappa shape index (κ1) is 31.2. The number of anilines is 2. The second-order valence-corrected chi connectivity index (χ2v) is 14.9. The number of aryl methyl sites for hydroxylation is 1. The predicted molar refractivity (Wildman–Crippen MR) is 147 cm³/mol. The fourth-order valence-electron chi connectivity index (χ4n) is 4.80. The van der Waals surface area contributed by atoms with Gasteiger partial charge in [-0.1, -0.05) is 0 Å². The Labute approximate surface area is 246 Å². The van der Waals surface area contributed by atoms with E-state index in [1.807, 2.05) is 0 Å². The summed E-state index contributed by atoms with van der Waals surface area (Å²) < 4.78 is 114. The second kappa shape index (κ2) is 11.0. The number of aromatic nitrogens is 2. The molecular formula is C25H32F3N5O8S2. The number of nitrogens with zero attached hydrogens (tertiary/aromatic N) is 3. The van der Waals surface area contributed by atoms with Crippen molar-refractivity contribution in [3.05, 3.63) is 23.9 Å². The van der Waals surface area contributed by atoms with Gasteiger partial charge in [-0.05, 0) is 64.2 Å². The van der Waals surface area contributed by atoms with Crippen LogP contribution >= 0.6 is 0 Å². The van der Waals surface area contributed by atoms with Gasteiger partial charge in [-0.2, -0.15) is 13.2 Å². The van der Waals surface area contributed by atoms with Crippen molar-refractivity contribution in [1.82, 2.24) is 14.5 Å². The fourth-order valence-corrected chi connectivity index (χ4v) is 8.05. The number of carbonyl (C=O) groups excluding carboxylic acids is 1. The topological polar surface area (TPSA) is 158 Å². The van der Waals surface area contributed by atoms with Crippen LogP contribution in [0.25, 0.3) is 0 Å². The lowest BCUT2D eigenvalue weighted by atomic mass is 10.1. The van der Waals surface area contributed by atoms with Crippen LogP contribution < -0.4 is 23.8 Å². The second-order valence-electron chi connectivity index (χ2n) is 11.0. The van der Waals surface area contributed by atoms with Crippen molar-refractivity contribution in [2.24, 2.45) is 0 Å². The van der Waals surface area contributed by atoms with Gasteiger partial charge in [0.1, 0.15) is 11.9 Å². The number of hydrogen-bond acceptors (Lipinski definition) is 9. The maximum absolute atomic E-state index is 14.3. The molecule has 18 heteroatoms. The van der Waals surface area contributed by atoms with Crippen LogP contribution in [0.3, 0.4) is 0 Å². The van der Waals surface area contributed by atoms with Gasteiger partial charge in [0.15, 0.2) is 4.90 Å². The molecule has 1 amide bonds. The molecule has 5 rings (SSSR count). The van der Waals surface area contributed by atoms with Crippen LogP contribution in [0.15, 0.2) is 23.1 Å². The highest BCUT2D eigenvalue weighted by Gasteiger charge is 2.51. The van der Waals surface area contributed by atoms with Gasteiger partial charge in [0, 0.05) is 18.8 Å². The van der Waals surface area contributed by atoms with Crippen molar-refractivity contribution < 1.29 is 49.0 Å². The summed E-state index contributed by atoms with van der Waals surface area (Å²) in [5.41, 5.74) is -2.44.